The van der Waals surface area contributed by atoms with Gasteiger partial charge in [0.15, 0.2) is 0 Å². The molecule has 0 saturated carbocycles. The Kier molecular flexibility index (Phi) is 6.46. The molecule has 2 heterocycles. The Labute approximate surface area is 197 Å². The Balaban J connectivity index is 2.39. The summed E-state index contributed by atoms with van der Waals surface area (Å²) < 4.78 is 21.1. The van der Waals surface area contributed by atoms with Crippen LogP contribution in [0.25, 0.3) is 0 Å². The molecule has 1 spiro atoms. The smallest absolute Gasteiger partial charge is 0.341 e. The van der Waals surface area contributed by atoms with Crippen molar-refractivity contribution in [2.45, 2.75) is 45.6 Å². The minimum absolute atomic E-state index is 0.0112. The molecule has 1 aromatic rings. The monoisotopic (exact) mass is 472 g/mol. The fourth-order valence-electron chi connectivity index (χ4n) is 4.21. The number of fused-ring (bicyclic) bond motifs is 2. The van der Waals surface area contributed by atoms with Crippen LogP contribution in [0.4, 0.5) is 5.69 Å². The molecule has 0 aliphatic carbocycles. The van der Waals surface area contributed by atoms with Crippen molar-refractivity contribution in [1.29, 1.82) is 0 Å². The lowest BCUT2D eigenvalue weighted by Crippen LogP contribution is -2.52. The van der Waals surface area contributed by atoms with Crippen molar-refractivity contribution in [3.8, 4) is 0 Å². The predicted octanol–water partition coefficient (Wildman–Crippen LogP) is 1.82. The molecule has 34 heavy (non-hydrogen) atoms. The van der Waals surface area contributed by atoms with Crippen molar-refractivity contribution in [3.63, 3.8) is 0 Å². The number of methoxy groups -OCH3 is 1. The molecule has 0 aromatic heterocycles. The zero-order valence-electron chi connectivity index (χ0n) is 20.0. The van der Waals surface area contributed by atoms with E-state index in [0.717, 1.165) is 4.90 Å². The maximum atomic E-state index is 14.2. The van der Waals surface area contributed by atoms with E-state index in [9.17, 15) is 19.2 Å². The van der Waals surface area contributed by atoms with E-state index in [1.54, 1.807) is 52.0 Å². The average Bonchev–Trinajstić information content (AvgIpc) is 2.96. The molecule has 182 valence electrons. The molecule has 0 saturated heterocycles. The molecule has 3 rings (SSSR count). The number of amides is 1. The van der Waals surface area contributed by atoms with Gasteiger partial charge in [0.2, 0.25) is 11.8 Å². The summed E-state index contributed by atoms with van der Waals surface area (Å²) in [5.74, 6) is -3.65. The van der Waals surface area contributed by atoms with Gasteiger partial charge in [0.25, 0.3) is 0 Å². The van der Waals surface area contributed by atoms with Crippen LogP contribution in [0.3, 0.4) is 0 Å². The topological polar surface area (TPSA) is 134 Å². The third-order valence-corrected chi connectivity index (χ3v) is 5.37. The van der Waals surface area contributed by atoms with Crippen LogP contribution >= 0.6 is 0 Å². The first-order valence-corrected chi connectivity index (χ1v) is 10.7. The quantitative estimate of drug-likeness (QED) is 0.503. The van der Waals surface area contributed by atoms with Gasteiger partial charge in [0, 0.05) is 11.3 Å². The zero-order chi connectivity index (χ0) is 25.4. The van der Waals surface area contributed by atoms with Crippen LogP contribution in [0.5, 0.6) is 0 Å². The molecule has 0 bridgehead atoms. The highest BCUT2D eigenvalue weighted by Gasteiger charge is 2.64. The maximum absolute atomic E-state index is 14.2. The third kappa shape index (κ3) is 3.89. The van der Waals surface area contributed by atoms with Gasteiger partial charge < -0.3 is 24.7 Å². The summed E-state index contributed by atoms with van der Waals surface area (Å²) in [7, 11) is 1.19. The van der Waals surface area contributed by atoms with Gasteiger partial charge in [-0.05, 0) is 40.7 Å². The molecule has 0 radical (unpaired) electrons. The number of rotatable bonds is 5. The van der Waals surface area contributed by atoms with Crippen molar-refractivity contribution in [2.75, 3.05) is 25.2 Å². The summed E-state index contributed by atoms with van der Waals surface area (Å²) in [6.07, 6.45) is 0. The summed E-state index contributed by atoms with van der Waals surface area (Å²) in [6.45, 7) is 7.58. The Hall–Kier alpha value is -3.82. The van der Waals surface area contributed by atoms with E-state index < -0.39 is 41.4 Å². The van der Waals surface area contributed by atoms with Gasteiger partial charge in [-0.2, -0.15) is 0 Å². The number of carbonyl (C=O) groups is 4. The molecule has 0 fully saturated rings. The second kappa shape index (κ2) is 8.85. The molecule has 1 amide bonds. The minimum Gasteiger partial charge on any atom is -0.468 e. The van der Waals surface area contributed by atoms with E-state index in [0.29, 0.717) is 5.69 Å². The van der Waals surface area contributed by atoms with E-state index >= 15 is 0 Å². The predicted molar refractivity (Wildman–Crippen MR) is 120 cm³/mol. The first kappa shape index (κ1) is 24.8. The number of ether oxygens (including phenoxy) is 4. The lowest BCUT2D eigenvalue weighted by molar-refractivity contribution is -0.152. The molecule has 1 aromatic carbocycles. The summed E-state index contributed by atoms with van der Waals surface area (Å²) in [5, 5.41) is 0. The average molecular weight is 472 g/mol. The van der Waals surface area contributed by atoms with E-state index in [4.69, 9.17) is 24.7 Å². The number of esters is 3. The summed E-state index contributed by atoms with van der Waals surface area (Å²) >= 11 is 0. The van der Waals surface area contributed by atoms with Crippen LogP contribution in [0.1, 0.15) is 40.2 Å². The number of hydrogen-bond donors (Lipinski definition) is 1. The molecule has 2 aliphatic rings. The molecule has 1 atom stereocenters. The number of benzene rings is 1. The molecule has 2 aliphatic heterocycles. The van der Waals surface area contributed by atoms with Crippen LogP contribution in [0.15, 0.2) is 47.1 Å². The van der Waals surface area contributed by atoms with Crippen LogP contribution < -0.4 is 10.6 Å². The van der Waals surface area contributed by atoms with E-state index in [-0.39, 0.29) is 35.0 Å². The number of nitrogens with zero attached hydrogens (tertiary/aromatic N) is 1. The number of para-hydroxylation sites is 1. The van der Waals surface area contributed by atoms with Gasteiger partial charge in [0.05, 0.1) is 13.7 Å². The van der Waals surface area contributed by atoms with Gasteiger partial charge in [0.1, 0.15) is 34.5 Å². The lowest BCUT2D eigenvalue weighted by atomic mass is 9.67. The highest BCUT2D eigenvalue weighted by molar-refractivity contribution is 6.23. The molecular weight excluding hydrogens is 444 g/mol. The highest BCUT2D eigenvalue weighted by Crippen LogP contribution is 2.54. The number of allylic oxidation sites excluding steroid dienone is 1. The molecule has 2 N–H and O–H groups in total. The first-order valence-electron chi connectivity index (χ1n) is 10.7. The van der Waals surface area contributed by atoms with Crippen molar-refractivity contribution >= 4 is 29.5 Å². The second-order valence-corrected chi connectivity index (χ2v) is 8.73. The van der Waals surface area contributed by atoms with E-state index in [1.165, 1.54) is 14.0 Å². The Morgan fingerprint density at radius 3 is 2.35 bits per heavy atom. The summed E-state index contributed by atoms with van der Waals surface area (Å²) in [6, 6.07) is 6.49. The largest absolute Gasteiger partial charge is 0.468 e. The van der Waals surface area contributed by atoms with E-state index in [1.807, 2.05) is 0 Å². The van der Waals surface area contributed by atoms with Gasteiger partial charge in [-0.15, -0.1) is 0 Å². The highest BCUT2D eigenvalue weighted by atomic mass is 16.6. The lowest BCUT2D eigenvalue weighted by Gasteiger charge is -2.37. The van der Waals surface area contributed by atoms with Crippen molar-refractivity contribution in [1.82, 2.24) is 0 Å². The zero-order valence-corrected chi connectivity index (χ0v) is 20.0. The van der Waals surface area contributed by atoms with Crippen molar-refractivity contribution in [3.05, 3.63) is 52.6 Å². The van der Waals surface area contributed by atoms with Crippen LogP contribution in [-0.4, -0.2) is 49.7 Å². The van der Waals surface area contributed by atoms with Crippen molar-refractivity contribution < 1.29 is 38.1 Å². The van der Waals surface area contributed by atoms with E-state index in [2.05, 4.69) is 0 Å². The van der Waals surface area contributed by atoms with Gasteiger partial charge in [-0.3, -0.25) is 14.5 Å². The Morgan fingerprint density at radius 2 is 1.76 bits per heavy atom. The third-order valence-electron chi connectivity index (χ3n) is 5.37. The second-order valence-electron chi connectivity index (χ2n) is 8.73. The normalized spacial score (nSPS) is 19.7. The number of hydrogen-bond acceptors (Lipinski definition) is 9. The summed E-state index contributed by atoms with van der Waals surface area (Å²) in [5.41, 5.74) is 3.17. The number of anilines is 1. The van der Waals surface area contributed by atoms with Crippen LogP contribution in [0.2, 0.25) is 0 Å². The van der Waals surface area contributed by atoms with Crippen LogP contribution in [0, 0.1) is 0 Å². The first-order chi connectivity index (χ1) is 15.9. The molecule has 0 unspecified atom stereocenters. The molecule has 10 heteroatoms. The van der Waals surface area contributed by atoms with Gasteiger partial charge in [-0.1, -0.05) is 18.2 Å². The summed E-state index contributed by atoms with van der Waals surface area (Å²) in [4.78, 5) is 54.2. The van der Waals surface area contributed by atoms with Crippen molar-refractivity contribution in [2.24, 2.45) is 5.73 Å². The number of carbonyl (C=O) groups excluding carboxylic acids is 4. The molecule has 10 nitrogen and oxygen atoms in total. The Morgan fingerprint density at radius 1 is 1.12 bits per heavy atom. The minimum atomic E-state index is -2.05. The van der Waals surface area contributed by atoms with Gasteiger partial charge >= 0.3 is 17.9 Å². The number of nitrogens with two attached hydrogens (primary N) is 1. The van der Waals surface area contributed by atoms with Gasteiger partial charge in [-0.25, -0.2) is 9.59 Å². The Bertz CT molecular complexity index is 1130. The van der Waals surface area contributed by atoms with Crippen LogP contribution in [-0.2, 0) is 43.5 Å². The fraction of sp³-hybridized carbons (Fsp3) is 0.417. The molecular formula is C24H28N2O8. The fourth-order valence-corrected chi connectivity index (χ4v) is 4.21. The standard InChI is InChI=1S/C24H28N2O8/c1-7-32-20(28)18-19(25)33-13(2)17(21(29)34-23(3,4)5)24(18)14-10-8-9-11-15(14)26(22(24)30)12-16(27)31-6/h8-11H,7,12,25H2,1-6H3/t24-/m1/s1. The maximum Gasteiger partial charge on any atom is 0.341 e. The SMILES string of the molecule is CCOC(=O)C1=C(N)OC(C)=C(C(=O)OC(C)(C)C)[C@@]12C(=O)N(CC(=O)OC)c1ccccc12.